The summed E-state index contributed by atoms with van der Waals surface area (Å²) in [5.41, 5.74) is 1.84. The van der Waals surface area contributed by atoms with Gasteiger partial charge in [0.15, 0.2) is 0 Å². The topological polar surface area (TPSA) is 58.1 Å². The second kappa shape index (κ2) is 6.32. The van der Waals surface area contributed by atoms with Crippen LogP contribution in [-0.4, -0.2) is 46.5 Å². The van der Waals surface area contributed by atoms with Gasteiger partial charge in [-0.1, -0.05) is 0 Å². The van der Waals surface area contributed by atoms with Gasteiger partial charge >= 0.3 is 0 Å². The molecule has 1 atom stereocenters. The van der Waals surface area contributed by atoms with E-state index in [0.29, 0.717) is 6.42 Å². The van der Waals surface area contributed by atoms with Crippen molar-refractivity contribution in [3.63, 3.8) is 0 Å². The SMILES string of the molecule is C[C@H]1CNCCN1C(=O)Cc1csc(-c2cccnc2)n1. The Labute approximate surface area is 128 Å². The molecule has 1 aliphatic heterocycles. The number of pyridine rings is 1. The van der Waals surface area contributed by atoms with E-state index < -0.39 is 0 Å². The molecule has 0 bridgehead atoms. The Morgan fingerprint density at radius 2 is 2.48 bits per heavy atom. The third-order valence-corrected chi connectivity index (χ3v) is 4.55. The third kappa shape index (κ3) is 3.28. The molecule has 5 nitrogen and oxygen atoms in total. The number of nitrogens with zero attached hydrogens (tertiary/aromatic N) is 3. The summed E-state index contributed by atoms with van der Waals surface area (Å²) in [6.45, 7) is 4.59. The van der Waals surface area contributed by atoms with Gasteiger partial charge < -0.3 is 10.2 Å². The van der Waals surface area contributed by atoms with E-state index in [0.717, 1.165) is 35.9 Å². The molecule has 0 saturated carbocycles. The molecule has 1 amide bonds. The minimum absolute atomic E-state index is 0.159. The van der Waals surface area contributed by atoms with Gasteiger partial charge in [-0.15, -0.1) is 11.3 Å². The van der Waals surface area contributed by atoms with Gasteiger partial charge in [0, 0.05) is 49.0 Å². The van der Waals surface area contributed by atoms with E-state index in [1.54, 1.807) is 23.7 Å². The fourth-order valence-electron chi connectivity index (χ4n) is 2.48. The minimum atomic E-state index is 0.159. The lowest BCUT2D eigenvalue weighted by Crippen LogP contribution is -2.52. The number of thiazole rings is 1. The molecule has 21 heavy (non-hydrogen) atoms. The number of hydrogen-bond donors (Lipinski definition) is 1. The number of piperazine rings is 1. The van der Waals surface area contributed by atoms with Crippen LogP contribution in [0.25, 0.3) is 10.6 Å². The van der Waals surface area contributed by atoms with Crippen LogP contribution in [0, 0.1) is 0 Å². The average Bonchev–Trinajstić information content (AvgIpc) is 2.97. The highest BCUT2D eigenvalue weighted by Crippen LogP contribution is 2.23. The maximum Gasteiger partial charge on any atom is 0.228 e. The first-order chi connectivity index (χ1) is 10.2. The van der Waals surface area contributed by atoms with Gasteiger partial charge in [0.2, 0.25) is 5.91 Å². The average molecular weight is 302 g/mol. The Morgan fingerprint density at radius 1 is 1.57 bits per heavy atom. The lowest BCUT2D eigenvalue weighted by atomic mass is 10.2. The van der Waals surface area contributed by atoms with Crippen LogP contribution < -0.4 is 5.32 Å². The van der Waals surface area contributed by atoms with E-state index in [4.69, 9.17) is 0 Å². The number of carbonyl (C=O) groups excluding carboxylic acids is 1. The van der Waals surface area contributed by atoms with Crippen LogP contribution in [0.4, 0.5) is 0 Å². The normalized spacial score (nSPS) is 18.7. The first-order valence-electron chi connectivity index (χ1n) is 7.09. The Hall–Kier alpha value is -1.79. The van der Waals surface area contributed by atoms with Crippen LogP contribution in [0.1, 0.15) is 12.6 Å². The van der Waals surface area contributed by atoms with Gasteiger partial charge in [-0.25, -0.2) is 4.98 Å². The van der Waals surface area contributed by atoms with Crippen LogP contribution in [0.5, 0.6) is 0 Å². The van der Waals surface area contributed by atoms with E-state index in [9.17, 15) is 4.79 Å². The lowest BCUT2D eigenvalue weighted by Gasteiger charge is -2.33. The van der Waals surface area contributed by atoms with E-state index in [1.807, 2.05) is 22.4 Å². The number of aromatic nitrogens is 2. The summed E-state index contributed by atoms with van der Waals surface area (Å²) in [6.07, 6.45) is 3.91. The first-order valence-corrected chi connectivity index (χ1v) is 7.97. The summed E-state index contributed by atoms with van der Waals surface area (Å²) in [5.74, 6) is 0.159. The standard InChI is InChI=1S/C15H18N4OS/c1-11-8-17-5-6-19(11)14(20)7-13-10-21-15(18-13)12-3-2-4-16-9-12/h2-4,9-11,17H,5-8H2,1H3/t11-/m0/s1. The minimum Gasteiger partial charge on any atom is -0.337 e. The van der Waals surface area contributed by atoms with Crippen LogP contribution >= 0.6 is 11.3 Å². The molecular formula is C15H18N4OS. The van der Waals surface area contributed by atoms with Crippen molar-refractivity contribution in [2.75, 3.05) is 19.6 Å². The van der Waals surface area contributed by atoms with Crippen molar-refractivity contribution in [1.29, 1.82) is 0 Å². The predicted molar refractivity (Wildman–Crippen MR) is 83.1 cm³/mol. The Morgan fingerprint density at radius 3 is 3.24 bits per heavy atom. The molecule has 1 fully saturated rings. The quantitative estimate of drug-likeness (QED) is 0.935. The predicted octanol–water partition coefficient (Wildman–Crippen LogP) is 1.57. The second-order valence-electron chi connectivity index (χ2n) is 5.20. The van der Waals surface area contributed by atoms with Gasteiger partial charge in [0.25, 0.3) is 0 Å². The maximum absolute atomic E-state index is 12.4. The van der Waals surface area contributed by atoms with Crippen molar-refractivity contribution in [1.82, 2.24) is 20.2 Å². The maximum atomic E-state index is 12.4. The van der Waals surface area contributed by atoms with Crippen molar-refractivity contribution in [2.45, 2.75) is 19.4 Å². The molecule has 1 saturated heterocycles. The molecule has 2 aromatic rings. The molecule has 0 unspecified atom stereocenters. The molecule has 3 rings (SSSR count). The summed E-state index contributed by atoms with van der Waals surface area (Å²) < 4.78 is 0. The van der Waals surface area contributed by atoms with Gasteiger partial charge in [-0.05, 0) is 19.1 Å². The summed E-state index contributed by atoms with van der Waals surface area (Å²) in [7, 11) is 0. The Balaban J connectivity index is 1.68. The molecule has 110 valence electrons. The van der Waals surface area contributed by atoms with Gasteiger partial charge in [-0.2, -0.15) is 0 Å². The summed E-state index contributed by atoms with van der Waals surface area (Å²) in [5, 5.41) is 6.18. The van der Waals surface area contributed by atoms with Crippen LogP contribution in [0.15, 0.2) is 29.9 Å². The fraction of sp³-hybridized carbons (Fsp3) is 0.400. The zero-order valence-corrected chi connectivity index (χ0v) is 12.8. The number of nitrogens with one attached hydrogen (secondary N) is 1. The molecule has 3 heterocycles. The molecule has 0 aromatic carbocycles. The molecular weight excluding hydrogens is 284 g/mol. The highest BCUT2D eigenvalue weighted by atomic mass is 32.1. The number of rotatable bonds is 3. The van der Waals surface area contributed by atoms with Crippen LogP contribution in [0.3, 0.4) is 0 Å². The zero-order valence-electron chi connectivity index (χ0n) is 12.0. The summed E-state index contributed by atoms with van der Waals surface area (Å²) in [6, 6.07) is 4.13. The van der Waals surface area contributed by atoms with Crippen molar-refractivity contribution < 1.29 is 4.79 Å². The summed E-state index contributed by atoms with van der Waals surface area (Å²) in [4.78, 5) is 23.0. The van der Waals surface area contributed by atoms with E-state index in [2.05, 4.69) is 22.2 Å². The Bertz CT molecular complexity index is 613. The molecule has 1 aliphatic rings. The molecule has 2 aromatic heterocycles. The second-order valence-corrected chi connectivity index (χ2v) is 6.06. The molecule has 1 N–H and O–H groups in total. The van der Waals surface area contributed by atoms with Crippen molar-refractivity contribution in [2.24, 2.45) is 0 Å². The van der Waals surface area contributed by atoms with E-state index in [-0.39, 0.29) is 11.9 Å². The molecule has 0 radical (unpaired) electrons. The van der Waals surface area contributed by atoms with Crippen LogP contribution in [0.2, 0.25) is 0 Å². The number of hydrogen-bond acceptors (Lipinski definition) is 5. The number of carbonyl (C=O) groups is 1. The third-order valence-electron chi connectivity index (χ3n) is 3.61. The zero-order chi connectivity index (χ0) is 14.7. The fourth-order valence-corrected chi connectivity index (χ4v) is 3.29. The highest BCUT2D eigenvalue weighted by molar-refractivity contribution is 7.13. The van der Waals surface area contributed by atoms with Gasteiger partial charge in [0.05, 0.1) is 12.1 Å². The lowest BCUT2D eigenvalue weighted by molar-refractivity contribution is -0.133. The molecule has 0 spiro atoms. The van der Waals surface area contributed by atoms with E-state index >= 15 is 0 Å². The number of amides is 1. The van der Waals surface area contributed by atoms with E-state index in [1.165, 1.54) is 0 Å². The van der Waals surface area contributed by atoms with Gasteiger partial charge in [0.1, 0.15) is 5.01 Å². The summed E-state index contributed by atoms with van der Waals surface area (Å²) >= 11 is 1.56. The molecule has 6 heteroatoms. The monoisotopic (exact) mass is 302 g/mol. The van der Waals surface area contributed by atoms with Gasteiger partial charge in [-0.3, -0.25) is 9.78 Å². The highest BCUT2D eigenvalue weighted by Gasteiger charge is 2.23. The molecule has 0 aliphatic carbocycles. The van der Waals surface area contributed by atoms with Crippen molar-refractivity contribution in [3.05, 3.63) is 35.6 Å². The van der Waals surface area contributed by atoms with Crippen molar-refractivity contribution in [3.8, 4) is 10.6 Å². The first kappa shape index (κ1) is 14.2. The Kier molecular flexibility index (Phi) is 4.26. The van der Waals surface area contributed by atoms with Crippen molar-refractivity contribution >= 4 is 17.2 Å². The largest absolute Gasteiger partial charge is 0.337 e. The van der Waals surface area contributed by atoms with Crippen LogP contribution in [-0.2, 0) is 11.2 Å². The smallest absolute Gasteiger partial charge is 0.228 e.